The minimum absolute atomic E-state index is 0.752. The van der Waals surface area contributed by atoms with Gasteiger partial charge >= 0.3 is 0 Å². The van der Waals surface area contributed by atoms with Gasteiger partial charge in [0.15, 0.2) is 0 Å². The van der Waals surface area contributed by atoms with Crippen LogP contribution in [0.15, 0.2) is 0 Å². The third-order valence-corrected chi connectivity index (χ3v) is 2.88. The van der Waals surface area contributed by atoms with E-state index in [1.165, 1.54) is 17.8 Å². The third-order valence-electron chi connectivity index (χ3n) is 2.88. The number of methoxy groups -OCH3 is 1. The Morgan fingerprint density at radius 3 is 3.21 bits per heavy atom. The summed E-state index contributed by atoms with van der Waals surface area (Å²) >= 11 is 0. The fourth-order valence-corrected chi connectivity index (χ4v) is 2.03. The molecule has 2 rings (SSSR count). The maximum atomic E-state index is 5.04. The van der Waals surface area contributed by atoms with Gasteiger partial charge in [0.25, 0.3) is 0 Å². The van der Waals surface area contributed by atoms with E-state index >= 15 is 0 Å². The van der Waals surface area contributed by atoms with Gasteiger partial charge in [-0.15, -0.1) is 0 Å². The van der Waals surface area contributed by atoms with Gasteiger partial charge in [-0.25, -0.2) is 4.98 Å². The lowest BCUT2D eigenvalue weighted by atomic mass is 9.92. The fourth-order valence-electron chi connectivity index (χ4n) is 2.03. The first-order valence-electron chi connectivity index (χ1n) is 5.35. The maximum absolute atomic E-state index is 5.04. The lowest BCUT2D eigenvalue weighted by molar-refractivity contribution is 0.200. The summed E-state index contributed by atoms with van der Waals surface area (Å²) < 4.78 is 5.04. The smallest absolute Gasteiger partial charge is 0.108 e. The molecule has 0 amide bonds. The summed E-state index contributed by atoms with van der Waals surface area (Å²) in [6, 6.07) is 0. The Kier molecular flexibility index (Phi) is 2.87. The van der Waals surface area contributed by atoms with E-state index in [1.54, 1.807) is 7.11 Å². The Morgan fingerprint density at radius 2 is 2.43 bits per heavy atom. The zero-order valence-corrected chi connectivity index (χ0v) is 8.97. The van der Waals surface area contributed by atoms with Crippen LogP contribution in [0.2, 0.25) is 0 Å². The van der Waals surface area contributed by atoms with Crippen molar-refractivity contribution in [1.29, 1.82) is 0 Å². The highest BCUT2D eigenvalue weighted by atomic mass is 16.5. The number of hydrogen-bond donors (Lipinski definition) is 1. The number of aryl methyl sites for hydroxylation is 1. The van der Waals surface area contributed by atoms with Crippen LogP contribution in [-0.4, -0.2) is 23.7 Å². The molecule has 1 N–H and O–H groups in total. The monoisotopic (exact) mass is 194 g/mol. The minimum Gasteiger partial charge on any atom is -0.384 e. The van der Waals surface area contributed by atoms with E-state index in [9.17, 15) is 0 Å². The SMILES string of the molecule is COCCc1nc2c([nH]1)CC(C)CC2. The number of aromatic nitrogens is 2. The number of H-pyrrole nitrogens is 1. The molecular weight excluding hydrogens is 176 g/mol. The van der Waals surface area contributed by atoms with Crippen LogP contribution in [0.1, 0.15) is 30.6 Å². The maximum Gasteiger partial charge on any atom is 0.108 e. The van der Waals surface area contributed by atoms with Gasteiger partial charge in [-0.3, -0.25) is 0 Å². The van der Waals surface area contributed by atoms with Crippen molar-refractivity contribution in [3.05, 3.63) is 17.2 Å². The minimum atomic E-state index is 0.752. The first-order valence-corrected chi connectivity index (χ1v) is 5.35. The molecule has 0 radical (unpaired) electrons. The normalized spacial score (nSPS) is 20.9. The quantitative estimate of drug-likeness (QED) is 0.795. The molecule has 1 atom stereocenters. The van der Waals surface area contributed by atoms with Crippen molar-refractivity contribution < 1.29 is 4.74 Å². The number of nitrogens with zero attached hydrogens (tertiary/aromatic N) is 1. The number of nitrogens with one attached hydrogen (secondary N) is 1. The predicted octanol–water partition coefficient (Wildman–Crippen LogP) is 1.72. The lowest BCUT2D eigenvalue weighted by Crippen LogP contribution is -2.10. The Bertz CT molecular complexity index is 306. The van der Waals surface area contributed by atoms with E-state index in [0.29, 0.717) is 0 Å². The number of ether oxygens (including phenoxy) is 1. The molecule has 1 unspecified atom stereocenters. The second-order valence-corrected chi connectivity index (χ2v) is 4.20. The highest BCUT2D eigenvalue weighted by molar-refractivity contribution is 5.18. The van der Waals surface area contributed by atoms with Gasteiger partial charge in [-0.05, 0) is 25.2 Å². The number of rotatable bonds is 3. The summed E-state index contributed by atoms with van der Waals surface area (Å²) in [5.41, 5.74) is 2.64. The van der Waals surface area contributed by atoms with Gasteiger partial charge in [0.05, 0.1) is 12.3 Å². The Morgan fingerprint density at radius 1 is 1.57 bits per heavy atom. The summed E-state index contributed by atoms with van der Waals surface area (Å²) in [4.78, 5) is 7.99. The van der Waals surface area contributed by atoms with Gasteiger partial charge in [-0.1, -0.05) is 6.92 Å². The summed E-state index contributed by atoms with van der Waals surface area (Å²) in [7, 11) is 1.73. The van der Waals surface area contributed by atoms with E-state index in [0.717, 1.165) is 37.6 Å². The van der Waals surface area contributed by atoms with Crippen LogP contribution in [0.25, 0.3) is 0 Å². The van der Waals surface area contributed by atoms with Crippen LogP contribution in [0.4, 0.5) is 0 Å². The van der Waals surface area contributed by atoms with Crippen molar-refractivity contribution in [2.75, 3.05) is 13.7 Å². The summed E-state index contributed by atoms with van der Waals surface area (Å²) in [6.07, 6.45) is 4.48. The fraction of sp³-hybridized carbons (Fsp3) is 0.727. The van der Waals surface area contributed by atoms with Crippen LogP contribution in [0.5, 0.6) is 0 Å². The Labute approximate surface area is 84.9 Å². The lowest BCUT2D eigenvalue weighted by Gasteiger charge is -2.15. The highest BCUT2D eigenvalue weighted by Gasteiger charge is 2.18. The van der Waals surface area contributed by atoms with Crippen molar-refractivity contribution in [3.63, 3.8) is 0 Å². The van der Waals surface area contributed by atoms with E-state index in [4.69, 9.17) is 4.74 Å². The molecule has 0 fully saturated rings. The van der Waals surface area contributed by atoms with E-state index in [-0.39, 0.29) is 0 Å². The van der Waals surface area contributed by atoms with Crippen molar-refractivity contribution in [1.82, 2.24) is 9.97 Å². The van der Waals surface area contributed by atoms with Crippen LogP contribution in [0.3, 0.4) is 0 Å². The van der Waals surface area contributed by atoms with Crippen molar-refractivity contribution in [3.8, 4) is 0 Å². The van der Waals surface area contributed by atoms with Crippen molar-refractivity contribution >= 4 is 0 Å². The van der Waals surface area contributed by atoms with Crippen molar-refractivity contribution in [2.24, 2.45) is 5.92 Å². The predicted molar refractivity (Wildman–Crippen MR) is 55.4 cm³/mol. The molecule has 1 aromatic rings. The van der Waals surface area contributed by atoms with Gasteiger partial charge in [0.2, 0.25) is 0 Å². The molecule has 0 saturated carbocycles. The Balaban J connectivity index is 2.07. The summed E-state index contributed by atoms with van der Waals surface area (Å²) in [6.45, 7) is 3.06. The second kappa shape index (κ2) is 4.13. The first-order chi connectivity index (χ1) is 6.79. The average Bonchev–Trinajstić information content (AvgIpc) is 2.56. The van der Waals surface area contributed by atoms with Gasteiger partial charge in [-0.2, -0.15) is 0 Å². The molecule has 1 aromatic heterocycles. The molecule has 14 heavy (non-hydrogen) atoms. The summed E-state index contributed by atoms with van der Waals surface area (Å²) in [5, 5.41) is 0. The first kappa shape index (κ1) is 9.71. The number of imidazole rings is 1. The van der Waals surface area contributed by atoms with Gasteiger partial charge in [0.1, 0.15) is 5.82 Å². The molecule has 3 heteroatoms. The van der Waals surface area contributed by atoms with Crippen LogP contribution in [0, 0.1) is 5.92 Å². The van der Waals surface area contributed by atoms with Crippen molar-refractivity contribution in [2.45, 2.75) is 32.6 Å². The molecule has 0 saturated heterocycles. The van der Waals surface area contributed by atoms with Crippen LogP contribution in [-0.2, 0) is 24.0 Å². The second-order valence-electron chi connectivity index (χ2n) is 4.20. The molecule has 0 aliphatic heterocycles. The zero-order valence-electron chi connectivity index (χ0n) is 8.97. The molecule has 0 bridgehead atoms. The molecular formula is C11H18N2O. The molecule has 0 spiro atoms. The summed E-state index contributed by atoms with van der Waals surface area (Å²) in [5.74, 6) is 1.89. The Hall–Kier alpha value is -0.830. The third kappa shape index (κ3) is 1.98. The molecule has 0 aromatic carbocycles. The zero-order chi connectivity index (χ0) is 9.97. The molecule has 1 aliphatic carbocycles. The highest BCUT2D eigenvalue weighted by Crippen LogP contribution is 2.23. The van der Waals surface area contributed by atoms with E-state index in [1.807, 2.05) is 0 Å². The molecule has 1 aliphatic rings. The van der Waals surface area contributed by atoms with E-state index < -0.39 is 0 Å². The van der Waals surface area contributed by atoms with Crippen LogP contribution < -0.4 is 0 Å². The van der Waals surface area contributed by atoms with E-state index in [2.05, 4.69) is 16.9 Å². The van der Waals surface area contributed by atoms with Crippen LogP contribution >= 0.6 is 0 Å². The number of hydrogen-bond acceptors (Lipinski definition) is 2. The number of aromatic amines is 1. The van der Waals surface area contributed by atoms with Gasteiger partial charge < -0.3 is 9.72 Å². The molecule has 1 heterocycles. The molecule has 3 nitrogen and oxygen atoms in total. The largest absolute Gasteiger partial charge is 0.384 e. The molecule has 78 valence electrons. The van der Waals surface area contributed by atoms with Gasteiger partial charge in [0, 0.05) is 19.2 Å². The average molecular weight is 194 g/mol. The number of fused-ring (bicyclic) bond motifs is 1. The standard InChI is InChI=1S/C11H18N2O/c1-8-3-4-9-10(7-8)13-11(12-9)5-6-14-2/h8H,3-7H2,1-2H3,(H,12,13). The topological polar surface area (TPSA) is 37.9 Å².